The first-order valence-electron chi connectivity index (χ1n) is 8.85. The third kappa shape index (κ3) is 4.59. The molecule has 0 spiro atoms. The predicted octanol–water partition coefficient (Wildman–Crippen LogP) is 6.42. The van der Waals surface area contributed by atoms with Crippen molar-refractivity contribution in [3.8, 4) is 0 Å². The van der Waals surface area contributed by atoms with Crippen LogP contribution in [-0.2, 0) is 21.8 Å². The fourth-order valence-electron chi connectivity index (χ4n) is 3.79. The van der Waals surface area contributed by atoms with Gasteiger partial charge in [0.1, 0.15) is 0 Å². The Labute approximate surface area is 181 Å². The average Bonchev–Trinajstić information content (AvgIpc) is 3.34. The third-order valence-corrected chi connectivity index (χ3v) is 12.6. The number of allylic oxidation sites excluding steroid dienone is 8. The first-order valence-corrected chi connectivity index (χ1v) is 13.0. The Morgan fingerprint density at radius 1 is 0.741 bits per heavy atom. The van der Waals surface area contributed by atoms with E-state index in [9.17, 15) is 0 Å². The van der Waals surface area contributed by atoms with Crippen LogP contribution in [0, 0.1) is 0 Å². The summed E-state index contributed by atoms with van der Waals surface area (Å²) in [6, 6.07) is 8.58. The van der Waals surface area contributed by atoms with E-state index in [-0.39, 0.29) is 24.8 Å². The molecule has 0 aromatic carbocycles. The molecule has 0 saturated carbocycles. The summed E-state index contributed by atoms with van der Waals surface area (Å²) in [6.07, 6.45) is 19.2. The molecule has 2 nitrogen and oxygen atoms in total. The molecule has 0 unspecified atom stereocenters. The molecule has 4 rings (SSSR count). The molecule has 0 saturated heterocycles. The van der Waals surface area contributed by atoms with Gasteiger partial charge in [-0.05, 0) is 0 Å². The van der Waals surface area contributed by atoms with E-state index in [0.717, 1.165) is 12.8 Å². The molecule has 0 atom stereocenters. The van der Waals surface area contributed by atoms with E-state index in [4.69, 9.17) is 0 Å². The Morgan fingerprint density at radius 2 is 1.15 bits per heavy atom. The SMILES string of the molecule is C[CH2][Zr]([C]1=C(c2ccncc2)C=CC1)[C]1=C(c2ccncc2)C=CC1.Cl.Cl. The Hall–Kier alpha value is -1.28. The van der Waals surface area contributed by atoms with E-state index < -0.39 is 21.8 Å². The summed E-state index contributed by atoms with van der Waals surface area (Å²) in [4.78, 5) is 8.36. The van der Waals surface area contributed by atoms with Gasteiger partial charge in [0.15, 0.2) is 0 Å². The van der Waals surface area contributed by atoms with Crippen LogP contribution in [0.25, 0.3) is 11.1 Å². The van der Waals surface area contributed by atoms with Crippen LogP contribution in [0.15, 0.2) is 79.9 Å². The third-order valence-electron chi connectivity index (χ3n) is 4.93. The second-order valence-electron chi connectivity index (χ2n) is 6.30. The van der Waals surface area contributed by atoms with Crippen LogP contribution >= 0.6 is 24.8 Å². The van der Waals surface area contributed by atoms with E-state index in [2.05, 4.69) is 65.5 Å². The number of hydrogen-bond donors (Lipinski definition) is 0. The molecule has 2 aliphatic rings. The Kier molecular flexibility index (Phi) is 8.41. The number of pyridine rings is 2. The van der Waals surface area contributed by atoms with Crippen LogP contribution in [0.5, 0.6) is 0 Å². The van der Waals surface area contributed by atoms with Crippen LogP contribution in [-0.4, -0.2) is 9.97 Å². The fraction of sp³-hybridized carbons (Fsp3) is 0.182. The number of aromatic nitrogens is 2. The molecular formula is C22H23Cl2N2Zr. The topological polar surface area (TPSA) is 25.8 Å². The summed E-state index contributed by atoms with van der Waals surface area (Å²) in [7, 11) is 0. The summed E-state index contributed by atoms with van der Waals surface area (Å²) in [6.45, 7) is 2.39. The van der Waals surface area contributed by atoms with Gasteiger partial charge in [0.05, 0.1) is 0 Å². The zero-order chi connectivity index (χ0) is 17.1. The minimum absolute atomic E-state index is 0. The zero-order valence-electron chi connectivity index (χ0n) is 15.3. The molecule has 2 aromatic rings. The summed E-state index contributed by atoms with van der Waals surface area (Å²) >= 11 is -1.87. The van der Waals surface area contributed by atoms with Gasteiger partial charge in [-0.2, -0.15) is 0 Å². The molecule has 2 heterocycles. The average molecular weight is 478 g/mol. The predicted molar refractivity (Wildman–Crippen MR) is 115 cm³/mol. The first-order chi connectivity index (χ1) is 12.4. The normalized spacial score (nSPS) is 15.0. The monoisotopic (exact) mass is 475 g/mol. The van der Waals surface area contributed by atoms with Crippen LogP contribution in [0.2, 0.25) is 4.13 Å². The maximum Gasteiger partial charge on any atom is -0.147 e. The molecule has 0 bridgehead atoms. The van der Waals surface area contributed by atoms with Gasteiger partial charge in [0.2, 0.25) is 0 Å². The Morgan fingerprint density at radius 3 is 1.52 bits per heavy atom. The molecule has 0 aliphatic heterocycles. The van der Waals surface area contributed by atoms with Crippen molar-refractivity contribution < 1.29 is 21.8 Å². The molecule has 0 amide bonds. The molecule has 139 valence electrons. The second kappa shape index (κ2) is 10.3. The summed E-state index contributed by atoms with van der Waals surface area (Å²) in [5.74, 6) is 0. The number of hydrogen-bond acceptors (Lipinski definition) is 2. The number of rotatable bonds is 5. The summed E-state index contributed by atoms with van der Waals surface area (Å²) < 4.78 is 4.79. The van der Waals surface area contributed by atoms with Gasteiger partial charge in [-0.25, -0.2) is 0 Å². The van der Waals surface area contributed by atoms with Crippen molar-refractivity contribution >= 4 is 36.0 Å². The summed E-state index contributed by atoms with van der Waals surface area (Å²) in [5, 5.41) is 0. The second-order valence-corrected chi connectivity index (χ2v) is 13.4. The van der Waals surface area contributed by atoms with E-state index in [1.54, 1.807) is 6.56 Å². The van der Waals surface area contributed by atoms with Gasteiger partial charge in [0, 0.05) is 0 Å². The molecule has 2 aliphatic carbocycles. The molecule has 5 heteroatoms. The van der Waals surface area contributed by atoms with Crippen molar-refractivity contribution in [3.05, 3.63) is 91.0 Å². The minimum atomic E-state index is -1.87. The van der Waals surface area contributed by atoms with Gasteiger partial charge in [-0.3, -0.25) is 0 Å². The van der Waals surface area contributed by atoms with Crippen molar-refractivity contribution in [2.45, 2.75) is 23.9 Å². The number of halogens is 2. The molecule has 27 heavy (non-hydrogen) atoms. The van der Waals surface area contributed by atoms with Crippen LogP contribution in [0.3, 0.4) is 0 Å². The van der Waals surface area contributed by atoms with Crippen molar-refractivity contribution in [3.63, 3.8) is 0 Å². The Bertz CT molecular complexity index is 814. The van der Waals surface area contributed by atoms with E-state index in [1.165, 1.54) is 26.4 Å². The largest absolute Gasteiger partial charge is 0.147 e. The molecule has 2 aromatic heterocycles. The molecular weight excluding hydrogens is 454 g/mol. The smallest absolute Gasteiger partial charge is 0.147 e. The fourth-order valence-corrected chi connectivity index (χ4v) is 11.3. The van der Waals surface area contributed by atoms with Crippen molar-refractivity contribution in [2.75, 3.05) is 0 Å². The van der Waals surface area contributed by atoms with Crippen LogP contribution < -0.4 is 0 Å². The first kappa shape index (κ1) is 22.0. The Balaban J connectivity index is 0.00000131. The minimum Gasteiger partial charge on any atom is -0.147 e. The zero-order valence-corrected chi connectivity index (χ0v) is 19.4. The van der Waals surface area contributed by atoms with Gasteiger partial charge in [-0.1, -0.05) is 0 Å². The van der Waals surface area contributed by atoms with Crippen LogP contribution in [0.1, 0.15) is 30.9 Å². The maximum absolute atomic E-state index is 4.18. The molecule has 0 fully saturated rings. The molecule has 0 radical (unpaired) electrons. The van der Waals surface area contributed by atoms with E-state index >= 15 is 0 Å². The van der Waals surface area contributed by atoms with Crippen molar-refractivity contribution in [2.24, 2.45) is 0 Å². The van der Waals surface area contributed by atoms with Gasteiger partial charge in [0.25, 0.3) is 0 Å². The van der Waals surface area contributed by atoms with Crippen LogP contribution in [0.4, 0.5) is 0 Å². The standard InChI is InChI=1S/2C10H8N.C2H5.2ClH.Zr/c2*1-2-4-9(3-1)10-5-7-11-8-6-10;1-2;;;/h2*1,3,5-8H,2H2;1H2,2H3;2*1H;. The molecule has 0 N–H and O–H groups in total. The number of nitrogens with zero attached hydrogens (tertiary/aromatic N) is 2. The quantitative estimate of drug-likeness (QED) is 0.497. The van der Waals surface area contributed by atoms with Gasteiger partial charge in [-0.15, -0.1) is 24.8 Å². The van der Waals surface area contributed by atoms with Gasteiger partial charge < -0.3 is 0 Å². The van der Waals surface area contributed by atoms with Crippen molar-refractivity contribution in [1.29, 1.82) is 0 Å². The van der Waals surface area contributed by atoms with Gasteiger partial charge >= 0.3 is 158 Å². The maximum atomic E-state index is 4.18. The van der Waals surface area contributed by atoms with Crippen molar-refractivity contribution in [1.82, 2.24) is 9.97 Å². The summed E-state index contributed by atoms with van der Waals surface area (Å²) in [5.41, 5.74) is 5.57. The van der Waals surface area contributed by atoms with E-state index in [0.29, 0.717) is 0 Å². The van der Waals surface area contributed by atoms with E-state index in [1.807, 2.05) is 24.8 Å².